The van der Waals surface area contributed by atoms with Gasteiger partial charge in [-0.2, -0.15) is 5.26 Å². The van der Waals surface area contributed by atoms with Crippen LogP contribution in [0.4, 0.5) is 0 Å². The number of benzene rings is 3. The lowest BCUT2D eigenvalue weighted by molar-refractivity contribution is -0.136. The maximum Gasteiger partial charge on any atom is 0.349 e. The molecule has 0 aromatic heterocycles. The topological polar surface area (TPSA) is 97.6 Å². The van der Waals surface area contributed by atoms with Crippen molar-refractivity contribution >= 4 is 18.0 Å². The van der Waals surface area contributed by atoms with Gasteiger partial charge in [0, 0.05) is 6.54 Å². The Morgan fingerprint density at radius 3 is 2.41 bits per heavy atom. The Kier molecular flexibility index (Phi) is 8.42. The number of carbonyl (C=O) groups is 2. The SMILES string of the molecule is COc1cc(/C=C(\C#N)C(=O)NCc2ccccc2)ccc1OC(=O)COc1ccc(C)cc1. The van der Waals surface area contributed by atoms with Crippen molar-refractivity contribution in [2.24, 2.45) is 0 Å². The molecule has 0 saturated heterocycles. The first kappa shape index (κ1) is 24.1. The van der Waals surface area contributed by atoms with Crippen LogP contribution in [0.25, 0.3) is 6.08 Å². The molecule has 1 amide bonds. The normalized spacial score (nSPS) is 10.7. The third kappa shape index (κ3) is 6.97. The van der Waals surface area contributed by atoms with E-state index in [9.17, 15) is 14.9 Å². The van der Waals surface area contributed by atoms with Gasteiger partial charge in [0.1, 0.15) is 17.4 Å². The maximum absolute atomic E-state index is 12.4. The molecule has 3 aromatic carbocycles. The standard InChI is InChI=1S/C27H24N2O5/c1-19-8-11-23(12-9-19)33-18-26(30)34-24-13-10-21(15-25(24)32-2)14-22(16-28)27(31)29-17-20-6-4-3-5-7-20/h3-15H,17-18H2,1-2H3,(H,29,31)/b22-14+. The highest BCUT2D eigenvalue weighted by Crippen LogP contribution is 2.29. The Morgan fingerprint density at radius 2 is 1.74 bits per heavy atom. The number of hydrogen-bond acceptors (Lipinski definition) is 6. The van der Waals surface area contributed by atoms with E-state index in [0.717, 1.165) is 11.1 Å². The van der Waals surface area contributed by atoms with Gasteiger partial charge in [0.25, 0.3) is 5.91 Å². The van der Waals surface area contributed by atoms with E-state index in [4.69, 9.17) is 14.2 Å². The van der Waals surface area contributed by atoms with Crippen LogP contribution in [0.5, 0.6) is 17.2 Å². The Morgan fingerprint density at radius 1 is 1.00 bits per heavy atom. The largest absolute Gasteiger partial charge is 0.493 e. The first-order valence-electron chi connectivity index (χ1n) is 10.5. The fraction of sp³-hybridized carbons (Fsp3) is 0.148. The van der Waals surface area contributed by atoms with Gasteiger partial charge in [0.05, 0.1) is 7.11 Å². The average Bonchev–Trinajstić information content (AvgIpc) is 2.86. The van der Waals surface area contributed by atoms with Crippen molar-refractivity contribution in [3.63, 3.8) is 0 Å². The van der Waals surface area contributed by atoms with Gasteiger partial charge in [-0.25, -0.2) is 4.79 Å². The van der Waals surface area contributed by atoms with E-state index < -0.39 is 11.9 Å². The van der Waals surface area contributed by atoms with E-state index >= 15 is 0 Å². The molecule has 172 valence electrons. The molecular weight excluding hydrogens is 432 g/mol. The van der Waals surface area contributed by atoms with Crippen molar-refractivity contribution < 1.29 is 23.8 Å². The summed E-state index contributed by atoms with van der Waals surface area (Å²) in [5.41, 5.74) is 2.49. The number of aryl methyl sites for hydroxylation is 1. The lowest BCUT2D eigenvalue weighted by Crippen LogP contribution is -2.23. The van der Waals surface area contributed by atoms with E-state index in [0.29, 0.717) is 17.9 Å². The van der Waals surface area contributed by atoms with Crippen molar-refractivity contribution in [2.45, 2.75) is 13.5 Å². The number of hydrogen-bond donors (Lipinski definition) is 1. The fourth-order valence-corrected chi connectivity index (χ4v) is 2.98. The molecule has 0 saturated carbocycles. The molecule has 0 heterocycles. The first-order chi connectivity index (χ1) is 16.5. The molecule has 0 aliphatic rings. The van der Waals surface area contributed by atoms with Gasteiger partial charge >= 0.3 is 5.97 Å². The number of carbonyl (C=O) groups excluding carboxylic acids is 2. The van der Waals surface area contributed by atoms with E-state index in [-0.39, 0.29) is 23.7 Å². The Balaban J connectivity index is 1.63. The second-order valence-electron chi connectivity index (χ2n) is 7.32. The molecule has 0 fully saturated rings. The van der Waals surface area contributed by atoms with E-state index in [1.165, 1.54) is 19.3 Å². The molecule has 0 atom stereocenters. The minimum atomic E-state index is -0.597. The lowest BCUT2D eigenvalue weighted by Gasteiger charge is -2.11. The first-order valence-corrected chi connectivity index (χ1v) is 10.5. The van der Waals surface area contributed by atoms with E-state index in [1.807, 2.05) is 55.5 Å². The smallest absolute Gasteiger partial charge is 0.349 e. The van der Waals surface area contributed by atoms with E-state index in [2.05, 4.69) is 5.32 Å². The van der Waals surface area contributed by atoms with Gasteiger partial charge in [-0.05, 0) is 48.4 Å². The summed E-state index contributed by atoms with van der Waals surface area (Å²) in [6, 6.07) is 23.3. The fourth-order valence-electron chi connectivity index (χ4n) is 2.98. The third-order valence-electron chi connectivity index (χ3n) is 4.76. The molecule has 3 aromatic rings. The second kappa shape index (κ2) is 11.9. The summed E-state index contributed by atoms with van der Waals surface area (Å²) in [4.78, 5) is 24.6. The monoisotopic (exact) mass is 456 g/mol. The number of methoxy groups -OCH3 is 1. The Bertz CT molecular complexity index is 1210. The predicted octanol–water partition coefficient (Wildman–Crippen LogP) is 4.21. The molecular formula is C27H24N2O5. The van der Waals surface area contributed by atoms with Crippen LogP contribution in [0.2, 0.25) is 0 Å². The molecule has 7 nitrogen and oxygen atoms in total. The van der Waals surface area contributed by atoms with Crippen molar-refractivity contribution in [3.8, 4) is 23.3 Å². The van der Waals surface area contributed by atoms with Crippen LogP contribution >= 0.6 is 0 Å². The summed E-state index contributed by atoms with van der Waals surface area (Å²) in [6.45, 7) is 2.00. The van der Waals surface area contributed by atoms with Crippen molar-refractivity contribution in [3.05, 3.63) is 95.1 Å². The van der Waals surface area contributed by atoms with Gasteiger partial charge in [-0.3, -0.25) is 4.79 Å². The molecule has 0 spiro atoms. The Hall–Kier alpha value is -4.57. The summed E-state index contributed by atoms with van der Waals surface area (Å²) < 4.78 is 16.1. The minimum Gasteiger partial charge on any atom is -0.493 e. The highest BCUT2D eigenvalue weighted by Gasteiger charge is 2.13. The number of nitrogens with one attached hydrogen (secondary N) is 1. The van der Waals surface area contributed by atoms with Crippen LogP contribution in [-0.4, -0.2) is 25.6 Å². The van der Waals surface area contributed by atoms with Crippen molar-refractivity contribution in [1.82, 2.24) is 5.32 Å². The number of nitrogens with zero attached hydrogens (tertiary/aromatic N) is 1. The van der Waals surface area contributed by atoms with Gasteiger partial charge in [0.2, 0.25) is 0 Å². The summed E-state index contributed by atoms with van der Waals surface area (Å²) >= 11 is 0. The number of nitriles is 1. The molecule has 0 aliphatic carbocycles. The molecule has 0 unspecified atom stereocenters. The van der Waals surface area contributed by atoms with Crippen LogP contribution in [0.3, 0.4) is 0 Å². The van der Waals surface area contributed by atoms with Gasteiger partial charge in [-0.1, -0.05) is 54.1 Å². The molecule has 0 radical (unpaired) electrons. The maximum atomic E-state index is 12.4. The van der Waals surface area contributed by atoms with Crippen LogP contribution in [0, 0.1) is 18.3 Å². The molecule has 0 bridgehead atoms. The minimum absolute atomic E-state index is 0.0609. The second-order valence-corrected chi connectivity index (χ2v) is 7.32. The zero-order valence-electron chi connectivity index (χ0n) is 18.9. The number of esters is 1. The van der Waals surface area contributed by atoms with Gasteiger partial charge in [-0.15, -0.1) is 0 Å². The predicted molar refractivity (Wildman–Crippen MR) is 127 cm³/mol. The molecule has 7 heteroatoms. The summed E-state index contributed by atoms with van der Waals surface area (Å²) in [7, 11) is 1.43. The third-order valence-corrected chi connectivity index (χ3v) is 4.76. The number of amides is 1. The molecule has 3 rings (SSSR count). The van der Waals surface area contributed by atoms with Crippen LogP contribution in [0.1, 0.15) is 16.7 Å². The van der Waals surface area contributed by atoms with Crippen LogP contribution in [-0.2, 0) is 16.1 Å². The molecule has 0 aliphatic heterocycles. The number of ether oxygens (including phenoxy) is 3. The van der Waals surface area contributed by atoms with Gasteiger partial charge in [0.15, 0.2) is 18.1 Å². The van der Waals surface area contributed by atoms with Crippen LogP contribution in [0.15, 0.2) is 78.4 Å². The highest BCUT2D eigenvalue weighted by atomic mass is 16.6. The molecule has 34 heavy (non-hydrogen) atoms. The lowest BCUT2D eigenvalue weighted by atomic mass is 10.1. The van der Waals surface area contributed by atoms with Gasteiger partial charge < -0.3 is 19.5 Å². The van der Waals surface area contributed by atoms with E-state index in [1.54, 1.807) is 24.3 Å². The average molecular weight is 456 g/mol. The zero-order chi connectivity index (χ0) is 24.3. The van der Waals surface area contributed by atoms with Crippen molar-refractivity contribution in [2.75, 3.05) is 13.7 Å². The summed E-state index contributed by atoms with van der Waals surface area (Å²) in [6.07, 6.45) is 1.44. The number of rotatable bonds is 9. The summed E-state index contributed by atoms with van der Waals surface area (Å²) in [5.74, 6) is -0.0533. The quantitative estimate of drug-likeness (QED) is 0.224. The van der Waals surface area contributed by atoms with Crippen molar-refractivity contribution in [1.29, 1.82) is 5.26 Å². The highest BCUT2D eigenvalue weighted by molar-refractivity contribution is 6.01. The molecule has 1 N–H and O–H groups in total. The Labute approximate surface area is 198 Å². The zero-order valence-corrected chi connectivity index (χ0v) is 18.9. The van der Waals surface area contributed by atoms with Crippen LogP contribution < -0.4 is 19.5 Å². The summed E-state index contributed by atoms with van der Waals surface area (Å²) in [5, 5.41) is 12.2.